The highest BCUT2D eigenvalue weighted by molar-refractivity contribution is 5.70. The lowest BCUT2D eigenvalue weighted by Gasteiger charge is -2.10. The van der Waals surface area contributed by atoms with E-state index in [1.807, 2.05) is 42.5 Å². The zero-order valence-corrected chi connectivity index (χ0v) is 10.4. The second-order valence-corrected chi connectivity index (χ2v) is 4.04. The molecule has 0 atom stereocenters. The summed E-state index contributed by atoms with van der Waals surface area (Å²) in [5.41, 5.74) is 3.29. The number of hydrogen-bond acceptors (Lipinski definition) is 2. The van der Waals surface area contributed by atoms with Gasteiger partial charge in [0.2, 0.25) is 0 Å². The van der Waals surface area contributed by atoms with Crippen LogP contribution in [0, 0.1) is 0 Å². The van der Waals surface area contributed by atoms with E-state index in [-0.39, 0.29) is 5.97 Å². The Kier molecular flexibility index (Phi) is 4.13. The normalized spacial score (nSPS) is 10.1. The fourth-order valence-corrected chi connectivity index (χ4v) is 1.81. The van der Waals surface area contributed by atoms with Crippen LogP contribution < -0.4 is 0 Å². The van der Waals surface area contributed by atoms with Crippen LogP contribution in [0.3, 0.4) is 0 Å². The number of benzene rings is 2. The standard InChI is InChI=1S/C16H16O2/c1-2-16(17)18-12-14-10-6-7-11-15(14)13-8-4-3-5-9-13/h3-11H,2,12H2,1H3. The molecule has 0 saturated heterocycles. The number of ether oxygens (including phenoxy) is 1. The highest BCUT2D eigenvalue weighted by Gasteiger charge is 2.06. The lowest BCUT2D eigenvalue weighted by molar-refractivity contribution is -0.144. The summed E-state index contributed by atoms with van der Waals surface area (Å²) in [5, 5.41) is 0. The van der Waals surface area contributed by atoms with Gasteiger partial charge in [-0.15, -0.1) is 0 Å². The lowest BCUT2D eigenvalue weighted by Crippen LogP contribution is -2.03. The molecule has 2 aromatic rings. The number of carbonyl (C=O) groups is 1. The SMILES string of the molecule is CCC(=O)OCc1ccccc1-c1ccccc1. The third-order valence-electron chi connectivity index (χ3n) is 2.78. The first kappa shape index (κ1) is 12.4. The van der Waals surface area contributed by atoms with Crippen molar-refractivity contribution in [2.75, 3.05) is 0 Å². The fraction of sp³-hybridized carbons (Fsp3) is 0.188. The van der Waals surface area contributed by atoms with E-state index in [0.717, 1.165) is 16.7 Å². The van der Waals surface area contributed by atoms with Crippen LogP contribution in [0.5, 0.6) is 0 Å². The average molecular weight is 240 g/mol. The van der Waals surface area contributed by atoms with Crippen molar-refractivity contribution in [1.29, 1.82) is 0 Å². The van der Waals surface area contributed by atoms with Gasteiger partial charge in [-0.05, 0) is 16.7 Å². The number of hydrogen-bond donors (Lipinski definition) is 0. The maximum atomic E-state index is 11.2. The Morgan fingerprint density at radius 2 is 1.67 bits per heavy atom. The topological polar surface area (TPSA) is 26.3 Å². The molecule has 18 heavy (non-hydrogen) atoms. The summed E-state index contributed by atoms with van der Waals surface area (Å²) in [6.45, 7) is 2.13. The highest BCUT2D eigenvalue weighted by Crippen LogP contribution is 2.23. The minimum atomic E-state index is -0.169. The van der Waals surface area contributed by atoms with E-state index in [4.69, 9.17) is 4.74 Å². The van der Waals surface area contributed by atoms with E-state index in [0.29, 0.717) is 13.0 Å². The predicted octanol–water partition coefficient (Wildman–Crippen LogP) is 3.81. The molecule has 0 unspecified atom stereocenters. The Hall–Kier alpha value is -2.09. The summed E-state index contributed by atoms with van der Waals surface area (Å²) in [6, 6.07) is 18.1. The van der Waals surface area contributed by atoms with Gasteiger partial charge in [0.15, 0.2) is 0 Å². The quantitative estimate of drug-likeness (QED) is 0.760. The van der Waals surface area contributed by atoms with Gasteiger partial charge in [0.1, 0.15) is 6.61 Å². The largest absolute Gasteiger partial charge is 0.461 e. The van der Waals surface area contributed by atoms with Gasteiger partial charge in [-0.2, -0.15) is 0 Å². The molecule has 0 fully saturated rings. The summed E-state index contributed by atoms with van der Waals surface area (Å²) in [6.07, 6.45) is 0.410. The third kappa shape index (κ3) is 2.98. The second-order valence-electron chi connectivity index (χ2n) is 4.04. The van der Waals surface area contributed by atoms with E-state index in [1.165, 1.54) is 0 Å². The molecule has 0 bridgehead atoms. The fourth-order valence-electron chi connectivity index (χ4n) is 1.81. The molecule has 0 aliphatic rings. The summed E-state index contributed by atoms with van der Waals surface area (Å²) < 4.78 is 5.20. The van der Waals surface area contributed by atoms with E-state index in [9.17, 15) is 4.79 Å². The van der Waals surface area contributed by atoms with Gasteiger partial charge in [-0.1, -0.05) is 61.5 Å². The average Bonchev–Trinajstić information content (AvgIpc) is 2.46. The number of esters is 1. The Balaban J connectivity index is 2.24. The van der Waals surface area contributed by atoms with Gasteiger partial charge in [-0.25, -0.2) is 0 Å². The summed E-state index contributed by atoms with van der Waals surface area (Å²) in [7, 11) is 0. The molecule has 0 spiro atoms. The molecule has 0 heterocycles. The van der Waals surface area contributed by atoms with Gasteiger partial charge >= 0.3 is 5.97 Å². The predicted molar refractivity (Wildman–Crippen MR) is 72.0 cm³/mol. The molecule has 2 rings (SSSR count). The van der Waals surface area contributed by atoms with Gasteiger partial charge in [0.05, 0.1) is 0 Å². The summed E-state index contributed by atoms with van der Waals surface area (Å²) >= 11 is 0. The Bertz CT molecular complexity index is 518. The van der Waals surface area contributed by atoms with Crippen molar-refractivity contribution in [2.45, 2.75) is 20.0 Å². The van der Waals surface area contributed by atoms with Crippen LogP contribution in [0.15, 0.2) is 54.6 Å². The lowest BCUT2D eigenvalue weighted by atomic mass is 10.0. The smallest absolute Gasteiger partial charge is 0.305 e. The minimum absolute atomic E-state index is 0.169. The molecule has 0 amide bonds. The molecule has 0 N–H and O–H groups in total. The minimum Gasteiger partial charge on any atom is -0.461 e. The van der Waals surface area contributed by atoms with Crippen LogP contribution in [0.25, 0.3) is 11.1 Å². The molecule has 0 radical (unpaired) electrons. The van der Waals surface area contributed by atoms with E-state index in [2.05, 4.69) is 12.1 Å². The molecule has 2 aromatic carbocycles. The monoisotopic (exact) mass is 240 g/mol. The third-order valence-corrected chi connectivity index (χ3v) is 2.78. The first-order valence-corrected chi connectivity index (χ1v) is 6.10. The molecule has 92 valence electrons. The van der Waals surface area contributed by atoms with Crippen LogP contribution in [0.2, 0.25) is 0 Å². The molecule has 0 aliphatic carbocycles. The summed E-state index contributed by atoms with van der Waals surface area (Å²) in [4.78, 5) is 11.2. The summed E-state index contributed by atoms with van der Waals surface area (Å²) in [5.74, 6) is -0.169. The molecule has 2 nitrogen and oxygen atoms in total. The Morgan fingerprint density at radius 1 is 1.00 bits per heavy atom. The van der Waals surface area contributed by atoms with Crippen molar-refractivity contribution in [3.63, 3.8) is 0 Å². The molecule has 0 saturated carbocycles. The van der Waals surface area contributed by atoms with Crippen LogP contribution in [0.1, 0.15) is 18.9 Å². The van der Waals surface area contributed by atoms with Crippen molar-refractivity contribution in [3.8, 4) is 11.1 Å². The van der Waals surface area contributed by atoms with Crippen LogP contribution in [-0.2, 0) is 16.1 Å². The van der Waals surface area contributed by atoms with Gasteiger partial charge in [0, 0.05) is 6.42 Å². The van der Waals surface area contributed by atoms with Crippen molar-refractivity contribution in [2.24, 2.45) is 0 Å². The molecule has 2 heteroatoms. The zero-order chi connectivity index (χ0) is 12.8. The van der Waals surface area contributed by atoms with Crippen molar-refractivity contribution >= 4 is 5.97 Å². The number of rotatable bonds is 4. The van der Waals surface area contributed by atoms with Crippen LogP contribution in [-0.4, -0.2) is 5.97 Å². The van der Waals surface area contributed by atoms with Gasteiger partial charge in [0.25, 0.3) is 0 Å². The van der Waals surface area contributed by atoms with Crippen LogP contribution >= 0.6 is 0 Å². The van der Waals surface area contributed by atoms with Crippen molar-refractivity contribution in [3.05, 3.63) is 60.2 Å². The van der Waals surface area contributed by atoms with Crippen molar-refractivity contribution < 1.29 is 9.53 Å². The second kappa shape index (κ2) is 6.01. The molecular weight excluding hydrogens is 224 g/mol. The molecule has 0 aliphatic heterocycles. The molecular formula is C16H16O2. The zero-order valence-electron chi connectivity index (χ0n) is 10.4. The van der Waals surface area contributed by atoms with E-state index >= 15 is 0 Å². The van der Waals surface area contributed by atoms with E-state index in [1.54, 1.807) is 6.92 Å². The Labute approximate surface area is 107 Å². The van der Waals surface area contributed by atoms with Gasteiger partial charge < -0.3 is 4.74 Å². The number of carbonyl (C=O) groups excluding carboxylic acids is 1. The van der Waals surface area contributed by atoms with E-state index < -0.39 is 0 Å². The first-order valence-electron chi connectivity index (χ1n) is 6.10. The Morgan fingerprint density at radius 3 is 2.39 bits per heavy atom. The highest BCUT2D eigenvalue weighted by atomic mass is 16.5. The maximum Gasteiger partial charge on any atom is 0.305 e. The van der Waals surface area contributed by atoms with Crippen molar-refractivity contribution in [1.82, 2.24) is 0 Å². The molecule has 0 aromatic heterocycles. The first-order chi connectivity index (χ1) is 8.81. The maximum absolute atomic E-state index is 11.2. The van der Waals surface area contributed by atoms with Gasteiger partial charge in [-0.3, -0.25) is 4.79 Å². The van der Waals surface area contributed by atoms with Crippen LogP contribution in [0.4, 0.5) is 0 Å².